The number of benzene rings is 3. The van der Waals surface area contributed by atoms with E-state index in [0.29, 0.717) is 0 Å². The molecular weight excluding hydrogens is 427 g/mol. The smallest absolute Gasteiger partial charge is 0.0718 e. The van der Waals surface area contributed by atoms with Gasteiger partial charge >= 0.3 is 0 Å². The molecule has 2 aliphatic rings. The fourth-order valence-corrected chi connectivity index (χ4v) is 5.88. The van der Waals surface area contributed by atoms with Gasteiger partial charge in [-0.05, 0) is 64.3 Å². The van der Waals surface area contributed by atoms with Crippen molar-refractivity contribution in [1.82, 2.24) is 0 Å². The fourth-order valence-electron chi connectivity index (χ4n) is 4.27. The SMILES string of the molecule is C1=CC=CC(C2(c3ccccc3)c3ccccc3-c3ccccc32)=CI=1. The van der Waals surface area contributed by atoms with Crippen LogP contribution in [-0.4, -0.2) is 3.67 Å². The number of hydrogen-bond donors (Lipinski definition) is 0. The van der Waals surface area contributed by atoms with E-state index in [4.69, 9.17) is 0 Å². The van der Waals surface area contributed by atoms with Gasteiger partial charge in [-0.15, -0.1) is 0 Å². The summed E-state index contributed by atoms with van der Waals surface area (Å²) in [6, 6.07) is 28.7. The summed E-state index contributed by atoms with van der Waals surface area (Å²) in [6.07, 6.45) is 6.50. The zero-order valence-electron chi connectivity index (χ0n) is 14.2. The first kappa shape index (κ1) is 15.7. The maximum Gasteiger partial charge on any atom is 0.0718 e. The summed E-state index contributed by atoms with van der Waals surface area (Å²) in [5, 5.41) is 0. The minimum absolute atomic E-state index is 0.206. The van der Waals surface area contributed by atoms with Crippen molar-refractivity contribution in [3.05, 3.63) is 123 Å². The van der Waals surface area contributed by atoms with Crippen LogP contribution in [0.1, 0.15) is 16.7 Å². The third kappa shape index (κ3) is 2.18. The maximum absolute atomic E-state index is 3.44. The lowest BCUT2D eigenvalue weighted by Crippen LogP contribution is -2.28. The first-order valence-corrected chi connectivity index (χ1v) is 11.1. The second kappa shape index (κ2) is 6.35. The van der Waals surface area contributed by atoms with Crippen molar-refractivity contribution < 1.29 is 0 Å². The summed E-state index contributed by atoms with van der Waals surface area (Å²) in [5.74, 6) is 0. The van der Waals surface area contributed by atoms with Gasteiger partial charge in [-0.2, -0.15) is 0 Å². The molecule has 0 radical (unpaired) electrons. The fraction of sp³-hybridized carbons (Fsp3) is 0.0400. The van der Waals surface area contributed by atoms with Crippen molar-refractivity contribution in [2.45, 2.75) is 5.41 Å². The van der Waals surface area contributed by atoms with E-state index in [1.54, 1.807) is 0 Å². The van der Waals surface area contributed by atoms with Gasteiger partial charge in [0.1, 0.15) is 0 Å². The van der Waals surface area contributed by atoms with Gasteiger partial charge in [-0.25, -0.2) is 0 Å². The summed E-state index contributed by atoms with van der Waals surface area (Å²) >= 11 is -0.206. The molecule has 0 atom stereocenters. The van der Waals surface area contributed by atoms with Gasteiger partial charge in [0.05, 0.1) is 5.41 Å². The van der Waals surface area contributed by atoms with E-state index < -0.39 is 0 Å². The van der Waals surface area contributed by atoms with Crippen molar-refractivity contribution in [2.24, 2.45) is 0 Å². The first-order chi connectivity index (χ1) is 12.9. The minimum atomic E-state index is -0.246. The Morgan fingerprint density at radius 2 is 1.31 bits per heavy atom. The molecule has 0 nitrogen and oxygen atoms in total. The summed E-state index contributed by atoms with van der Waals surface area (Å²) in [5.41, 5.74) is 7.92. The lowest BCUT2D eigenvalue weighted by molar-refractivity contribution is 0.770. The van der Waals surface area contributed by atoms with Crippen molar-refractivity contribution in [3.8, 4) is 11.1 Å². The molecule has 0 spiro atoms. The lowest BCUT2D eigenvalue weighted by atomic mass is 9.67. The summed E-state index contributed by atoms with van der Waals surface area (Å²) in [4.78, 5) is 0. The second-order valence-electron chi connectivity index (χ2n) is 6.52. The maximum atomic E-state index is 3.44. The highest BCUT2D eigenvalue weighted by molar-refractivity contribution is 14.2. The van der Waals surface area contributed by atoms with Crippen LogP contribution >= 0.6 is 20.7 Å². The van der Waals surface area contributed by atoms with Crippen LogP contribution in [0, 0.1) is 0 Å². The third-order valence-electron chi connectivity index (χ3n) is 5.26. The van der Waals surface area contributed by atoms with Crippen LogP contribution < -0.4 is 0 Å². The zero-order chi connectivity index (χ0) is 17.4. The number of halogens is 1. The van der Waals surface area contributed by atoms with E-state index in [1.807, 2.05) is 0 Å². The van der Waals surface area contributed by atoms with Crippen LogP contribution in [-0.2, 0) is 5.41 Å². The molecule has 1 aliphatic heterocycles. The Bertz CT molecular complexity index is 1060. The minimum Gasteiger partial charge on any atom is -0.0825 e. The van der Waals surface area contributed by atoms with Gasteiger partial charge in [0.15, 0.2) is 0 Å². The Hall–Kier alpha value is -2.48. The number of fused-ring (bicyclic) bond motifs is 3. The summed E-state index contributed by atoms with van der Waals surface area (Å²) < 4.78 is 5.87. The molecule has 0 N–H and O–H groups in total. The number of allylic oxidation sites excluding steroid dienone is 4. The number of rotatable bonds is 2. The first-order valence-electron chi connectivity index (χ1n) is 8.76. The second-order valence-corrected chi connectivity index (χ2v) is 8.38. The number of hydrogen-bond acceptors (Lipinski definition) is 0. The lowest BCUT2D eigenvalue weighted by Gasteiger charge is -2.34. The molecule has 1 aliphatic carbocycles. The molecule has 1 heterocycles. The average Bonchev–Trinajstić information content (AvgIpc) is 2.84. The largest absolute Gasteiger partial charge is 0.0825 e. The van der Waals surface area contributed by atoms with Gasteiger partial charge in [0.2, 0.25) is 0 Å². The van der Waals surface area contributed by atoms with Crippen molar-refractivity contribution in [2.75, 3.05) is 0 Å². The van der Waals surface area contributed by atoms with Gasteiger partial charge in [0.25, 0.3) is 0 Å². The molecule has 0 fully saturated rings. The molecule has 3 aromatic carbocycles. The molecule has 0 bridgehead atoms. The molecule has 0 unspecified atom stereocenters. The molecule has 0 amide bonds. The van der Waals surface area contributed by atoms with E-state index in [2.05, 4.69) is 105 Å². The van der Waals surface area contributed by atoms with Crippen molar-refractivity contribution in [1.29, 1.82) is 0 Å². The Morgan fingerprint density at radius 1 is 0.692 bits per heavy atom. The molecule has 0 saturated heterocycles. The highest BCUT2D eigenvalue weighted by Gasteiger charge is 2.46. The molecule has 124 valence electrons. The molecule has 3 aromatic rings. The van der Waals surface area contributed by atoms with Crippen molar-refractivity contribution >= 4 is 24.4 Å². The Balaban J connectivity index is 1.95. The van der Waals surface area contributed by atoms with Crippen LogP contribution in [0.15, 0.2) is 107 Å². The normalized spacial score (nSPS) is 16.2. The highest BCUT2D eigenvalue weighted by atomic mass is 127. The molecule has 26 heavy (non-hydrogen) atoms. The summed E-state index contributed by atoms with van der Waals surface area (Å²) in [7, 11) is 0. The van der Waals surface area contributed by atoms with Gasteiger partial charge in [0, 0.05) is 0 Å². The Kier molecular flexibility index (Phi) is 3.85. The van der Waals surface area contributed by atoms with Gasteiger partial charge < -0.3 is 0 Å². The van der Waals surface area contributed by atoms with E-state index in [-0.39, 0.29) is 26.1 Å². The van der Waals surface area contributed by atoms with Crippen molar-refractivity contribution in [3.63, 3.8) is 0 Å². The zero-order valence-corrected chi connectivity index (χ0v) is 16.4. The van der Waals surface area contributed by atoms with E-state index in [0.717, 1.165) is 0 Å². The van der Waals surface area contributed by atoms with Gasteiger partial charge in [-0.1, -0.05) is 94.7 Å². The summed E-state index contributed by atoms with van der Waals surface area (Å²) in [6.45, 7) is 0. The standard InChI is InChI=1S/C25H17I/c1-2-10-19(11-3-1)25(20-12-8-9-17-26-18-20)23-15-6-4-13-21(23)22-14-5-7-16-24(22)25/h1-16,18H. The monoisotopic (exact) mass is 444 g/mol. The Labute approximate surface area is 164 Å². The van der Waals surface area contributed by atoms with Crippen LogP contribution in [0.5, 0.6) is 0 Å². The predicted octanol–water partition coefficient (Wildman–Crippen LogP) is 6.38. The topological polar surface area (TPSA) is 0 Å². The van der Waals surface area contributed by atoms with Crippen LogP contribution in [0.4, 0.5) is 0 Å². The molecule has 0 aromatic heterocycles. The quantitative estimate of drug-likeness (QED) is 0.403. The van der Waals surface area contributed by atoms with E-state index >= 15 is 0 Å². The average molecular weight is 444 g/mol. The third-order valence-corrected chi connectivity index (χ3v) is 6.96. The van der Waals surface area contributed by atoms with E-state index in [1.165, 1.54) is 33.4 Å². The van der Waals surface area contributed by atoms with Crippen LogP contribution in [0.2, 0.25) is 0 Å². The van der Waals surface area contributed by atoms with Crippen LogP contribution in [0.25, 0.3) is 11.1 Å². The van der Waals surface area contributed by atoms with Crippen LogP contribution in [0.3, 0.4) is 0 Å². The molecule has 5 rings (SSSR count). The molecular formula is C25H17I. The van der Waals surface area contributed by atoms with Gasteiger partial charge in [-0.3, -0.25) is 0 Å². The molecule has 1 heteroatoms. The molecule has 0 saturated carbocycles. The highest BCUT2D eigenvalue weighted by Crippen LogP contribution is 2.56. The predicted molar refractivity (Wildman–Crippen MR) is 119 cm³/mol. The Morgan fingerprint density at radius 3 is 2.00 bits per heavy atom. The van der Waals surface area contributed by atoms with E-state index in [9.17, 15) is 0 Å².